The third-order valence-electron chi connectivity index (χ3n) is 3.50. The number of hydrogen-bond donors (Lipinski definition) is 0. The van der Waals surface area contributed by atoms with Crippen molar-refractivity contribution < 1.29 is 0 Å². The highest BCUT2D eigenvalue weighted by molar-refractivity contribution is 9.10. The van der Waals surface area contributed by atoms with Crippen molar-refractivity contribution in [2.75, 3.05) is 0 Å². The van der Waals surface area contributed by atoms with Gasteiger partial charge in [0.1, 0.15) is 5.65 Å². The first-order valence-corrected chi connectivity index (χ1v) is 7.23. The summed E-state index contributed by atoms with van der Waals surface area (Å²) >= 11 is 3.73. The molecule has 0 aliphatic rings. The predicted molar refractivity (Wildman–Crippen MR) is 85.8 cm³/mol. The number of fused-ring (bicyclic) bond motifs is 2. The Labute approximate surface area is 124 Å². The predicted octanol–water partition coefficient (Wildman–Crippen LogP) is 4.92. The van der Waals surface area contributed by atoms with Gasteiger partial charge in [0.15, 0.2) is 0 Å². The van der Waals surface area contributed by atoms with Crippen LogP contribution in [0.5, 0.6) is 0 Å². The Hall–Kier alpha value is -2.13. The van der Waals surface area contributed by atoms with Gasteiger partial charge in [0.25, 0.3) is 0 Å². The maximum Gasteiger partial charge on any atom is 0.137 e. The van der Waals surface area contributed by atoms with E-state index < -0.39 is 0 Å². The largest absolute Gasteiger partial charge is 0.306 e. The Morgan fingerprint density at radius 2 is 1.75 bits per heavy atom. The molecule has 0 amide bonds. The first kappa shape index (κ1) is 11.7. The molecule has 0 fully saturated rings. The highest BCUT2D eigenvalue weighted by Gasteiger charge is 2.10. The normalized spacial score (nSPS) is 11.2. The van der Waals surface area contributed by atoms with Gasteiger partial charge in [-0.1, -0.05) is 42.5 Å². The van der Waals surface area contributed by atoms with Crippen LogP contribution in [0.25, 0.3) is 27.7 Å². The van der Waals surface area contributed by atoms with Crippen LogP contribution in [0.15, 0.2) is 71.5 Å². The standard InChI is InChI=1S/C17H11BrN2/c18-17-13-6-2-1-5-12(13)8-9-14(17)15-11-20-10-4-3-7-16(20)19-15/h1-11H. The van der Waals surface area contributed by atoms with Crippen molar-refractivity contribution in [3.05, 3.63) is 71.5 Å². The number of rotatable bonds is 1. The first-order valence-electron chi connectivity index (χ1n) is 6.44. The van der Waals surface area contributed by atoms with Crippen molar-refractivity contribution in [1.29, 1.82) is 0 Å². The van der Waals surface area contributed by atoms with Crippen molar-refractivity contribution in [3.63, 3.8) is 0 Å². The number of benzene rings is 2. The third kappa shape index (κ3) is 1.74. The average Bonchev–Trinajstić information content (AvgIpc) is 2.91. The fraction of sp³-hybridized carbons (Fsp3) is 0. The van der Waals surface area contributed by atoms with E-state index >= 15 is 0 Å². The highest BCUT2D eigenvalue weighted by atomic mass is 79.9. The summed E-state index contributed by atoms with van der Waals surface area (Å²) in [5.41, 5.74) is 3.06. The lowest BCUT2D eigenvalue weighted by Gasteiger charge is -2.05. The van der Waals surface area contributed by atoms with E-state index in [9.17, 15) is 0 Å². The molecule has 96 valence electrons. The molecule has 4 rings (SSSR count). The first-order chi connectivity index (χ1) is 9.83. The zero-order chi connectivity index (χ0) is 13.5. The molecule has 0 aliphatic carbocycles. The van der Waals surface area contributed by atoms with E-state index in [1.165, 1.54) is 10.8 Å². The van der Waals surface area contributed by atoms with E-state index in [1.54, 1.807) is 0 Å². The summed E-state index contributed by atoms with van der Waals surface area (Å²) < 4.78 is 3.13. The third-order valence-corrected chi connectivity index (χ3v) is 4.36. The van der Waals surface area contributed by atoms with Gasteiger partial charge in [-0.25, -0.2) is 4.98 Å². The lowest BCUT2D eigenvalue weighted by atomic mass is 10.1. The lowest BCUT2D eigenvalue weighted by molar-refractivity contribution is 1.19. The van der Waals surface area contributed by atoms with Crippen LogP contribution in [0.2, 0.25) is 0 Å². The number of aromatic nitrogens is 2. The number of hydrogen-bond acceptors (Lipinski definition) is 1. The van der Waals surface area contributed by atoms with Gasteiger partial charge in [0.05, 0.1) is 5.69 Å². The Morgan fingerprint density at radius 1 is 0.900 bits per heavy atom. The fourth-order valence-corrected chi connectivity index (χ4v) is 3.19. The van der Waals surface area contributed by atoms with Crippen LogP contribution in [-0.4, -0.2) is 9.38 Å². The van der Waals surface area contributed by atoms with Crippen LogP contribution < -0.4 is 0 Å². The van der Waals surface area contributed by atoms with Gasteiger partial charge in [0, 0.05) is 22.4 Å². The molecule has 0 unspecified atom stereocenters. The van der Waals surface area contributed by atoms with E-state index in [-0.39, 0.29) is 0 Å². The smallest absolute Gasteiger partial charge is 0.137 e. The summed E-state index contributed by atoms with van der Waals surface area (Å²) in [5.74, 6) is 0. The van der Waals surface area contributed by atoms with E-state index in [2.05, 4.69) is 63.5 Å². The van der Waals surface area contributed by atoms with Gasteiger partial charge >= 0.3 is 0 Å². The van der Waals surface area contributed by atoms with Gasteiger partial charge in [-0.05, 0) is 38.8 Å². The van der Waals surface area contributed by atoms with Crippen molar-refractivity contribution >= 4 is 32.3 Å². The van der Waals surface area contributed by atoms with Gasteiger partial charge < -0.3 is 4.40 Å². The van der Waals surface area contributed by atoms with Gasteiger partial charge in [-0.2, -0.15) is 0 Å². The SMILES string of the molecule is Brc1c(-c2cn3ccccc3n2)ccc2ccccc12. The molecule has 0 bridgehead atoms. The second-order valence-electron chi connectivity index (χ2n) is 4.74. The molecule has 0 spiro atoms. The second kappa shape index (κ2) is 4.46. The average molecular weight is 323 g/mol. The number of halogens is 1. The molecule has 2 heterocycles. The molecule has 2 aromatic heterocycles. The molecular weight excluding hydrogens is 312 g/mol. The molecule has 0 N–H and O–H groups in total. The highest BCUT2D eigenvalue weighted by Crippen LogP contribution is 2.34. The van der Waals surface area contributed by atoms with Gasteiger partial charge in [0.2, 0.25) is 0 Å². The topological polar surface area (TPSA) is 17.3 Å². The van der Waals surface area contributed by atoms with Gasteiger partial charge in [-0.15, -0.1) is 0 Å². The van der Waals surface area contributed by atoms with Crippen LogP contribution in [0, 0.1) is 0 Å². The summed E-state index contributed by atoms with van der Waals surface area (Å²) in [4.78, 5) is 4.68. The minimum Gasteiger partial charge on any atom is -0.306 e. The maximum absolute atomic E-state index is 4.68. The lowest BCUT2D eigenvalue weighted by Crippen LogP contribution is -1.82. The van der Waals surface area contributed by atoms with Crippen LogP contribution in [0.4, 0.5) is 0 Å². The molecule has 2 aromatic carbocycles. The molecule has 0 aliphatic heterocycles. The van der Waals surface area contributed by atoms with Gasteiger partial charge in [-0.3, -0.25) is 0 Å². The van der Waals surface area contributed by atoms with Crippen LogP contribution in [-0.2, 0) is 0 Å². The summed E-state index contributed by atoms with van der Waals surface area (Å²) in [6.45, 7) is 0. The molecule has 0 radical (unpaired) electrons. The van der Waals surface area contributed by atoms with Crippen molar-refractivity contribution in [1.82, 2.24) is 9.38 Å². The number of nitrogens with zero attached hydrogens (tertiary/aromatic N) is 2. The fourth-order valence-electron chi connectivity index (χ4n) is 2.50. The second-order valence-corrected chi connectivity index (χ2v) is 5.53. The summed E-state index contributed by atoms with van der Waals surface area (Å²) in [6, 6.07) is 18.6. The number of imidazole rings is 1. The quantitative estimate of drug-likeness (QED) is 0.486. The van der Waals surface area contributed by atoms with Crippen LogP contribution >= 0.6 is 15.9 Å². The maximum atomic E-state index is 4.68. The zero-order valence-corrected chi connectivity index (χ0v) is 12.2. The Bertz CT molecular complexity index is 891. The monoisotopic (exact) mass is 322 g/mol. The minimum atomic E-state index is 0.961. The Kier molecular flexibility index (Phi) is 2.60. The minimum absolute atomic E-state index is 0.961. The summed E-state index contributed by atoms with van der Waals surface area (Å²) in [7, 11) is 0. The molecule has 3 heteroatoms. The van der Waals surface area contributed by atoms with E-state index in [4.69, 9.17) is 0 Å². The molecule has 20 heavy (non-hydrogen) atoms. The van der Waals surface area contributed by atoms with Crippen LogP contribution in [0.3, 0.4) is 0 Å². The molecule has 0 saturated carbocycles. The van der Waals surface area contributed by atoms with Crippen LogP contribution in [0.1, 0.15) is 0 Å². The number of pyridine rings is 1. The van der Waals surface area contributed by atoms with Crippen molar-refractivity contribution in [3.8, 4) is 11.3 Å². The molecule has 0 saturated heterocycles. The Morgan fingerprint density at radius 3 is 2.65 bits per heavy atom. The van der Waals surface area contributed by atoms with Crippen molar-refractivity contribution in [2.45, 2.75) is 0 Å². The Balaban J connectivity index is 1.99. The molecule has 4 aromatic rings. The molecule has 2 nitrogen and oxygen atoms in total. The summed E-state index contributed by atoms with van der Waals surface area (Å²) in [6.07, 6.45) is 4.07. The molecular formula is C17H11BrN2. The molecule has 0 atom stereocenters. The van der Waals surface area contributed by atoms with E-state index in [0.29, 0.717) is 0 Å². The zero-order valence-electron chi connectivity index (χ0n) is 10.6. The van der Waals surface area contributed by atoms with Crippen molar-refractivity contribution in [2.24, 2.45) is 0 Å². The van der Waals surface area contributed by atoms with E-state index in [1.807, 2.05) is 28.8 Å². The van der Waals surface area contributed by atoms with E-state index in [0.717, 1.165) is 21.4 Å². The summed E-state index contributed by atoms with van der Waals surface area (Å²) in [5, 5.41) is 2.44.